The van der Waals surface area contributed by atoms with Gasteiger partial charge in [-0.2, -0.15) is 0 Å². The van der Waals surface area contributed by atoms with Crippen LogP contribution in [-0.2, 0) is 9.53 Å². The number of hydrogen-bond donors (Lipinski definition) is 5. The molecule has 0 saturated heterocycles. The number of fused-ring (bicyclic) bond motifs is 1. The number of carbonyl (C=O) groups excluding carboxylic acids is 2. The maximum absolute atomic E-state index is 12.5. The minimum absolute atomic E-state index is 0.0349. The molecule has 11 heteroatoms. The van der Waals surface area contributed by atoms with Gasteiger partial charge >= 0.3 is 12.1 Å². The normalized spacial score (nSPS) is 12.2. The van der Waals surface area contributed by atoms with Crippen LogP contribution in [0.3, 0.4) is 0 Å². The van der Waals surface area contributed by atoms with Crippen LogP contribution in [0.4, 0.5) is 4.79 Å². The average molecular weight is 473 g/mol. The molecule has 0 fully saturated rings. The Bertz CT molecular complexity index is 1340. The third kappa shape index (κ3) is 5.14. The van der Waals surface area contributed by atoms with Crippen LogP contribution in [0.25, 0.3) is 22.3 Å². The summed E-state index contributed by atoms with van der Waals surface area (Å²) in [6.07, 6.45) is -0.843. The highest BCUT2D eigenvalue weighted by molar-refractivity contribution is 5.88. The molecule has 5 N–H and O–H groups in total. The number of phenols is 3. The predicted molar refractivity (Wildman–Crippen MR) is 119 cm³/mol. The van der Waals surface area contributed by atoms with Crippen molar-refractivity contribution in [3.05, 3.63) is 40.6 Å². The lowest BCUT2D eigenvalue weighted by molar-refractivity contribution is -0.136. The number of nitrogens with one attached hydrogen (secondary N) is 1. The number of amides is 1. The third-order valence-electron chi connectivity index (χ3n) is 4.45. The third-order valence-corrected chi connectivity index (χ3v) is 4.45. The highest BCUT2D eigenvalue weighted by Gasteiger charge is 2.24. The molecule has 1 amide bonds. The van der Waals surface area contributed by atoms with E-state index in [0.717, 1.165) is 24.3 Å². The summed E-state index contributed by atoms with van der Waals surface area (Å²) in [4.78, 5) is 36.8. The van der Waals surface area contributed by atoms with Crippen LogP contribution in [0.2, 0.25) is 0 Å². The smallest absolute Gasteiger partial charge is 0.408 e. The van der Waals surface area contributed by atoms with Crippen molar-refractivity contribution in [2.75, 3.05) is 0 Å². The summed E-state index contributed by atoms with van der Waals surface area (Å²) in [7, 11) is 0. The molecule has 0 unspecified atom stereocenters. The SMILES string of the molecule is C[C@@H](NC(=O)OC(C)(C)C)C(=O)Oc1cc(-c2oc3cc(O)cc(O)c3c(=O)c2O)ccc1O. The molecule has 3 aromatic rings. The fourth-order valence-electron chi connectivity index (χ4n) is 2.95. The number of carbonyl (C=O) groups is 2. The number of esters is 1. The van der Waals surface area contributed by atoms with Crippen molar-refractivity contribution in [1.29, 1.82) is 0 Å². The first-order chi connectivity index (χ1) is 15.8. The van der Waals surface area contributed by atoms with Crippen LogP contribution >= 0.6 is 0 Å². The molecule has 3 rings (SSSR count). The molecule has 0 radical (unpaired) electrons. The van der Waals surface area contributed by atoms with Gasteiger partial charge in [0.1, 0.15) is 34.1 Å². The summed E-state index contributed by atoms with van der Waals surface area (Å²) >= 11 is 0. The van der Waals surface area contributed by atoms with Crippen molar-refractivity contribution in [2.24, 2.45) is 0 Å². The fourth-order valence-corrected chi connectivity index (χ4v) is 2.95. The van der Waals surface area contributed by atoms with Gasteiger partial charge in [0, 0.05) is 17.7 Å². The lowest BCUT2D eigenvalue weighted by Gasteiger charge is -2.21. The number of aromatic hydroxyl groups is 4. The molecule has 0 aliphatic carbocycles. The Morgan fingerprint density at radius 1 is 1.03 bits per heavy atom. The first-order valence-corrected chi connectivity index (χ1v) is 10.0. The van der Waals surface area contributed by atoms with Crippen molar-refractivity contribution in [3.63, 3.8) is 0 Å². The van der Waals surface area contributed by atoms with Crippen molar-refractivity contribution >= 4 is 23.0 Å². The van der Waals surface area contributed by atoms with Gasteiger partial charge in [-0.1, -0.05) is 0 Å². The molecule has 0 aliphatic heterocycles. The van der Waals surface area contributed by atoms with E-state index in [1.165, 1.54) is 13.0 Å². The van der Waals surface area contributed by atoms with Crippen molar-refractivity contribution in [1.82, 2.24) is 5.32 Å². The molecular formula is C23H23NO10. The Morgan fingerprint density at radius 3 is 2.35 bits per heavy atom. The van der Waals surface area contributed by atoms with E-state index in [4.69, 9.17) is 13.9 Å². The Kier molecular flexibility index (Phi) is 6.31. The first-order valence-electron chi connectivity index (χ1n) is 10.0. The van der Waals surface area contributed by atoms with Crippen LogP contribution in [0.5, 0.6) is 28.7 Å². The largest absolute Gasteiger partial charge is 0.508 e. The number of rotatable bonds is 4. The highest BCUT2D eigenvalue weighted by Crippen LogP contribution is 2.38. The van der Waals surface area contributed by atoms with Crippen LogP contribution in [-0.4, -0.2) is 44.1 Å². The summed E-state index contributed by atoms with van der Waals surface area (Å²) < 4.78 is 15.7. The minimum Gasteiger partial charge on any atom is -0.508 e. The second-order valence-electron chi connectivity index (χ2n) is 8.42. The molecule has 0 spiro atoms. The number of hydrogen-bond acceptors (Lipinski definition) is 10. The maximum atomic E-state index is 12.5. The van der Waals surface area contributed by atoms with Crippen LogP contribution in [0.1, 0.15) is 27.7 Å². The average Bonchev–Trinajstić information content (AvgIpc) is 2.70. The molecule has 1 heterocycles. The molecule has 1 aromatic heterocycles. The van der Waals surface area contributed by atoms with Gasteiger partial charge in [0.05, 0.1) is 0 Å². The molecule has 0 saturated carbocycles. The van der Waals surface area contributed by atoms with Crippen molar-refractivity contribution in [2.45, 2.75) is 39.3 Å². The van der Waals surface area contributed by atoms with E-state index in [2.05, 4.69) is 5.32 Å². The molecule has 2 aromatic carbocycles. The second-order valence-corrected chi connectivity index (χ2v) is 8.42. The van der Waals surface area contributed by atoms with Gasteiger partial charge in [0.2, 0.25) is 11.2 Å². The van der Waals surface area contributed by atoms with Crippen LogP contribution < -0.4 is 15.5 Å². The van der Waals surface area contributed by atoms with Crippen LogP contribution in [0, 0.1) is 0 Å². The van der Waals surface area contributed by atoms with Gasteiger partial charge in [-0.05, 0) is 45.9 Å². The summed E-state index contributed by atoms with van der Waals surface area (Å²) in [5.74, 6) is -3.90. The molecule has 1 atom stereocenters. The van der Waals surface area contributed by atoms with E-state index < -0.39 is 46.4 Å². The van der Waals surface area contributed by atoms with E-state index >= 15 is 0 Å². The zero-order valence-electron chi connectivity index (χ0n) is 18.7. The Labute approximate surface area is 192 Å². The topological polar surface area (TPSA) is 176 Å². The molecule has 0 aliphatic rings. The van der Waals surface area contributed by atoms with E-state index in [0.29, 0.717) is 0 Å². The van der Waals surface area contributed by atoms with Gasteiger partial charge < -0.3 is 39.6 Å². The van der Waals surface area contributed by atoms with Gasteiger partial charge in [0.25, 0.3) is 0 Å². The van der Waals surface area contributed by atoms with E-state index in [1.54, 1.807) is 20.8 Å². The molecule has 180 valence electrons. The lowest BCUT2D eigenvalue weighted by atomic mass is 10.1. The van der Waals surface area contributed by atoms with Gasteiger partial charge in [0.15, 0.2) is 17.3 Å². The Hall–Kier alpha value is -4.41. The molecule has 0 bridgehead atoms. The highest BCUT2D eigenvalue weighted by atomic mass is 16.6. The summed E-state index contributed by atoms with van der Waals surface area (Å²) in [6.45, 7) is 6.31. The molecular weight excluding hydrogens is 450 g/mol. The fraction of sp³-hybridized carbons (Fsp3) is 0.261. The van der Waals surface area contributed by atoms with E-state index in [9.17, 15) is 34.8 Å². The van der Waals surface area contributed by atoms with Crippen molar-refractivity contribution < 1.29 is 43.9 Å². The Morgan fingerprint density at radius 2 is 1.71 bits per heavy atom. The van der Waals surface area contributed by atoms with Gasteiger partial charge in [-0.15, -0.1) is 0 Å². The number of benzene rings is 2. The molecule has 11 nitrogen and oxygen atoms in total. The van der Waals surface area contributed by atoms with Crippen molar-refractivity contribution in [3.8, 4) is 40.1 Å². The first kappa shape index (κ1) is 24.2. The zero-order chi connectivity index (χ0) is 25.4. The second kappa shape index (κ2) is 8.85. The maximum Gasteiger partial charge on any atom is 0.408 e. The quantitative estimate of drug-likeness (QED) is 0.279. The summed E-state index contributed by atoms with van der Waals surface area (Å²) in [5.41, 5.74) is -1.92. The Balaban J connectivity index is 1.92. The number of ether oxygens (including phenoxy) is 2. The zero-order valence-corrected chi connectivity index (χ0v) is 18.7. The number of alkyl carbamates (subject to hydrolysis) is 1. The van der Waals surface area contributed by atoms with Gasteiger partial charge in [-0.25, -0.2) is 9.59 Å². The summed E-state index contributed by atoms with van der Waals surface area (Å²) in [6, 6.07) is 4.39. The molecule has 34 heavy (non-hydrogen) atoms. The number of phenolic OH excluding ortho intramolecular Hbond substituents is 3. The predicted octanol–water partition coefficient (Wildman–Crippen LogP) is 3.10. The van der Waals surface area contributed by atoms with E-state index in [1.807, 2.05) is 0 Å². The minimum atomic E-state index is -1.14. The summed E-state index contributed by atoms with van der Waals surface area (Å²) in [5, 5.41) is 42.0. The van der Waals surface area contributed by atoms with Crippen LogP contribution in [0.15, 0.2) is 39.5 Å². The monoisotopic (exact) mass is 473 g/mol. The van der Waals surface area contributed by atoms with E-state index in [-0.39, 0.29) is 33.8 Å². The standard InChI is InChI=1S/C23H23NO10/c1-10(24-22(31)34-23(2,3)4)21(30)33-15-7-11(5-6-13(15)26)20-19(29)18(28)17-14(27)8-12(25)9-16(17)32-20/h5-10,25-27,29H,1-4H3,(H,24,31)/t10-/m1/s1. The lowest BCUT2D eigenvalue weighted by Crippen LogP contribution is -2.43. The van der Waals surface area contributed by atoms with Gasteiger partial charge in [-0.3, -0.25) is 4.79 Å².